The second kappa shape index (κ2) is 6.23. The monoisotopic (exact) mass is 266 g/mol. The number of anilines is 2. The molecule has 1 aliphatic rings. The van der Waals surface area contributed by atoms with Crippen molar-refractivity contribution in [2.45, 2.75) is 24.5 Å². The fourth-order valence-corrected chi connectivity index (χ4v) is 3.21. The molecule has 1 aromatic rings. The first kappa shape index (κ1) is 13.4. The van der Waals surface area contributed by atoms with Crippen molar-refractivity contribution in [2.75, 3.05) is 37.1 Å². The SMILES string of the molecule is COc1ccc(N)c(N2CCCC(SC)CC2)c1. The van der Waals surface area contributed by atoms with Crippen molar-refractivity contribution in [2.24, 2.45) is 0 Å². The zero-order chi connectivity index (χ0) is 13.0. The molecule has 18 heavy (non-hydrogen) atoms. The van der Waals surface area contributed by atoms with Gasteiger partial charge in [0.05, 0.1) is 18.5 Å². The van der Waals surface area contributed by atoms with E-state index in [9.17, 15) is 0 Å². The zero-order valence-corrected chi connectivity index (χ0v) is 12.0. The predicted octanol–water partition coefficient (Wildman–Crippen LogP) is 3.00. The minimum Gasteiger partial charge on any atom is -0.497 e. The highest BCUT2D eigenvalue weighted by Crippen LogP contribution is 2.31. The molecule has 1 unspecified atom stereocenters. The van der Waals surface area contributed by atoms with Crippen LogP contribution in [-0.2, 0) is 0 Å². The molecule has 4 heteroatoms. The lowest BCUT2D eigenvalue weighted by Gasteiger charge is -2.24. The van der Waals surface area contributed by atoms with Crippen LogP contribution in [-0.4, -0.2) is 31.7 Å². The van der Waals surface area contributed by atoms with Crippen molar-refractivity contribution in [3.05, 3.63) is 18.2 Å². The van der Waals surface area contributed by atoms with Crippen LogP contribution in [0.15, 0.2) is 18.2 Å². The van der Waals surface area contributed by atoms with Crippen LogP contribution in [0, 0.1) is 0 Å². The Hall–Kier alpha value is -1.03. The quantitative estimate of drug-likeness (QED) is 0.854. The van der Waals surface area contributed by atoms with E-state index in [1.54, 1.807) is 7.11 Å². The van der Waals surface area contributed by atoms with Crippen molar-refractivity contribution in [1.29, 1.82) is 0 Å². The van der Waals surface area contributed by atoms with Crippen LogP contribution in [0.5, 0.6) is 5.75 Å². The summed E-state index contributed by atoms with van der Waals surface area (Å²) < 4.78 is 5.29. The second-order valence-corrected chi connectivity index (χ2v) is 5.84. The smallest absolute Gasteiger partial charge is 0.121 e. The van der Waals surface area contributed by atoms with E-state index in [4.69, 9.17) is 10.5 Å². The Labute approximate surface area is 114 Å². The van der Waals surface area contributed by atoms with Gasteiger partial charge in [-0.05, 0) is 37.7 Å². The molecule has 2 rings (SSSR count). The van der Waals surface area contributed by atoms with E-state index in [1.807, 2.05) is 23.9 Å². The summed E-state index contributed by atoms with van der Waals surface area (Å²) in [5, 5.41) is 0.793. The van der Waals surface area contributed by atoms with Gasteiger partial charge in [0.15, 0.2) is 0 Å². The van der Waals surface area contributed by atoms with Crippen LogP contribution in [0.3, 0.4) is 0 Å². The molecule has 1 aromatic carbocycles. The maximum absolute atomic E-state index is 6.09. The van der Waals surface area contributed by atoms with Crippen LogP contribution in [0.2, 0.25) is 0 Å². The molecule has 2 N–H and O–H groups in total. The molecule has 0 saturated carbocycles. The number of methoxy groups -OCH3 is 1. The predicted molar refractivity (Wildman–Crippen MR) is 80.8 cm³/mol. The number of nitrogens with two attached hydrogens (primary N) is 1. The van der Waals surface area contributed by atoms with E-state index in [-0.39, 0.29) is 0 Å². The van der Waals surface area contributed by atoms with Gasteiger partial charge in [-0.15, -0.1) is 0 Å². The maximum atomic E-state index is 6.09. The topological polar surface area (TPSA) is 38.5 Å². The van der Waals surface area contributed by atoms with Gasteiger partial charge in [-0.1, -0.05) is 0 Å². The Morgan fingerprint density at radius 2 is 2.17 bits per heavy atom. The number of nitrogen functional groups attached to an aromatic ring is 1. The van der Waals surface area contributed by atoms with Gasteiger partial charge < -0.3 is 15.4 Å². The van der Waals surface area contributed by atoms with Gasteiger partial charge >= 0.3 is 0 Å². The van der Waals surface area contributed by atoms with Crippen LogP contribution in [0.1, 0.15) is 19.3 Å². The van der Waals surface area contributed by atoms with Crippen LogP contribution in [0.25, 0.3) is 0 Å². The van der Waals surface area contributed by atoms with Crippen LogP contribution in [0.4, 0.5) is 11.4 Å². The summed E-state index contributed by atoms with van der Waals surface area (Å²) in [4.78, 5) is 2.40. The van der Waals surface area contributed by atoms with Crippen LogP contribution >= 0.6 is 11.8 Å². The Morgan fingerprint density at radius 1 is 1.33 bits per heavy atom. The Bertz CT molecular complexity index is 397. The second-order valence-electron chi connectivity index (χ2n) is 4.70. The Balaban J connectivity index is 2.15. The summed E-state index contributed by atoms with van der Waals surface area (Å²) in [5.74, 6) is 0.880. The third kappa shape index (κ3) is 3.05. The number of hydrogen-bond acceptors (Lipinski definition) is 4. The lowest BCUT2D eigenvalue weighted by molar-refractivity contribution is 0.415. The largest absolute Gasteiger partial charge is 0.497 e. The summed E-state index contributed by atoms with van der Waals surface area (Å²) in [6.45, 7) is 2.18. The fourth-order valence-electron chi connectivity index (χ4n) is 2.47. The van der Waals surface area contributed by atoms with E-state index < -0.39 is 0 Å². The van der Waals surface area contributed by atoms with Gasteiger partial charge in [0, 0.05) is 24.4 Å². The molecule has 1 saturated heterocycles. The van der Waals surface area contributed by atoms with Gasteiger partial charge in [-0.3, -0.25) is 0 Å². The third-order valence-electron chi connectivity index (χ3n) is 3.59. The standard InChI is InChI=1S/C14H22N2OS/c1-17-11-5-6-13(15)14(10-11)16-8-3-4-12(18-2)7-9-16/h5-6,10,12H,3-4,7-9,15H2,1-2H3. The Morgan fingerprint density at radius 3 is 2.89 bits per heavy atom. The number of nitrogens with zero attached hydrogens (tertiary/aromatic N) is 1. The highest BCUT2D eigenvalue weighted by molar-refractivity contribution is 7.99. The summed E-state index contributed by atoms with van der Waals surface area (Å²) >= 11 is 1.99. The summed E-state index contributed by atoms with van der Waals surface area (Å²) in [7, 11) is 1.70. The van der Waals surface area contributed by atoms with Crippen molar-refractivity contribution in [1.82, 2.24) is 0 Å². The molecule has 0 aliphatic carbocycles. The normalized spacial score (nSPS) is 20.6. The molecule has 1 heterocycles. The molecular weight excluding hydrogens is 244 g/mol. The van der Waals surface area contributed by atoms with Crippen molar-refractivity contribution >= 4 is 23.1 Å². The average Bonchev–Trinajstić information content (AvgIpc) is 2.64. The highest BCUT2D eigenvalue weighted by Gasteiger charge is 2.18. The summed E-state index contributed by atoms with van der Waals surface area (Å²) in [6, 6.07) is 5.90. The number of rotatable bonds is 3. The van der Waals surface area contributed by atoms with E-state index in [0.29, 0.717) is 0 Å². The fraction of sp³-hybridized carbons (Fsp3) is 0.571. The minimum atomic E-state index is 0.793. The molecule has 0 spiro atoms. The Kier molecular flexibility index (Phi) is 4.64. The average molecular weight is 266 g/mol. The molecule has 1 aliphatic heterocycles. The maximum Gasteiger partial charge on any atom is 0.121 e. The molecule has 100 valence electrons. The van der Waals surface area contributed by atoms with E-state index >= 15 is 0 Å². The van der Waals surface area contributed by atoms with Crippen molar-refractivity contribution in [3.63, 3.8) is 0 Å². The first-order chi connectivity index (χ1) is 8.74. The molecule has 0 amide bonds. The first-order valence-electron chi connectivity index (χ1n) is 6.46. The zero-order valence-electron chi connectivity index (χ0n) is 11.2. The number of ether oxygens (including phenoxy) is 1. The van der Waals surface area contributed by atoms with Gasteiger partial charge in [0.2, 0.25) is 0 Å². The molecule has 1 atom stereocenters. The number of hydrogen-bond donors (Lipinski definition) is 1. The van der Waals surface area contributed by atoms with Gasteiger partial charge in [-0.2, -0.15) is 11.8 Å². The van der Waals surface area contributed by atoms with E-state index in [1.165, 1.54) is 19.3 Å². The molecule has 3 nitrogen and oxygen atoms in total. The van der Waals surface area contributed by atoms with Crippen molar-refractivity contribution in [3.8, 4) is 5.75 Å². The summed E-state index contributed by atoms with van der Waals surface area (Å²) in [6.07, 6.45) is 5.99. The van der Waals surface area contributed by atoms with Crippen LogP contribution < -0.4 is 15.4 Å². The lowest BCUT2D eigenvalue weighted by atomic mass is 10.2. The van der Waals surface area contributed by atoms with Gasteiger partial charge in [0.25, 0.3) is 0 Å². The number of benzene rings is 1. The number of thioether (sulfide) groups is 1. The molecular formula is C14H22N2OS. The van der Waals surface area contributed by atoms with Crippen molar-refractivity contribution < 1.29 is 4.74 Å². The molecule has 1 fully saturated rings. The highest BCUT2D eigenvalue weighted by atomic mass is 32.2. The molecule has 0 bridgehead atoms. The third-order valence-corrected chi connectivity index (χ3v) is 4.72. The van der Waals surface area contributed by atoms with E-state index in [2.05, 4.69) is 17.2 Å². The first-order valence-corrected chi connectivity index (χ1v) is 7.74. The molecule has 0 aromatic heterocycles. The molecule has 0 radical (unpaired) electrons. The van der Waals surface area contributed by atoms with Gasteiger partial charge in [-0.25, -0.2) is 0 Å². The van der Waals surface area contributed by atoms with E-state index in [0.717, 1.165) is 35.5 Å². The summed E-state index contributed by atoms with van der Waals surface area (Å²) in [5.41, 5.74) is 8.06. The van der Waals surface area contributed by atoms with Gasteiger partial charge in [0.1, 0.15) is 5.75 Å². The minimum absolute atomic E-state index is 0.793. The lowest BCUT2D eigenvalue weighted by Crippen LogP contribution is -2.25.